The Hall–Kier alpha value is -2.95. The SMILES string of the molecule is CCOC(=O)C1CCCN(C(=O)c2csc(C3CCN(C(=O)c4ccccc4C(F)(F)F)CC3)n2)C1. The molecule has 3 heterocycles. The molecule has 0 bridgehead atoms. The standard InChI is InChI=1S/C25H28F3N3O4S/c1-2-35-24(34)17-6-5-11-31(14-17)23(33)20-15-36-21(29-20)16-9-12-30(13-10-16)22(32)18-7-3-4-8-19(18)25(26,27)28/h3-4,7-8,15-17H,2,5-6,9-14H2,1H3. The van der Waals surface area contributed by atoms with E-state index in [9.17, 15) is 27.6 Å². The summed E-state index contributed by atoms with van der Waals surface area (Å²) in [5, 5.41) is 2.49. The molecule has 0 saturated carbocycles. The van der Waals surface area contributed by atoms with Gasteiger partial charge in [-0.2, -0.15) is 13.2 Å². The van der Waals surface area contributed by atoms with Crippen molar-refractivity contribution in [3.05, 3.63) is 51.5 Å². The third-order valence-electron chi connectivity index (χ3n) is 6.66. The second kappa shape index (κ2) is 11.0. The lowest BCUT2D eigenvalue weighted by Gasteiger charge is -2.32. The summed E-state index contributed by atoms with van der Waals surface area (Å²) in [6.45, 7) is 3.55. The first-order valence-electron chi connectivity index (χ1n) is 12.1. The monoisotopic (exact) mass is 523 g/mol. The van der Waals surface area contributed by atoms with Gasteiger partial charge in [-0.1, -0.05) is 12.1 Å². The lowest BCUT2D eigenvalue weighted by Crippen LogP contribution is -2.43. The van der Waals surface area contributed by atoms with E-state index in [0.29, 0.717) is 57.7 Å². The molecule has 7 nitrogen and oxygen atoms in total. The lowest BCUT2D eigenvalue weighted by atomic mass is 9.96. The highest BCUT2D eigenvalue weighted by atomic mass is 32.1. The third-order valence-corrected chi connectivity index (χ3v) is 7.67. The number of hydrogen-bond acceptors (Lipinski definition) is 6. The van der Waals surface area contributed by atoms with E-state index in [2.05, 4.69) is 4.98 Å². The van der Waals surface area contributed by atoms with Gasteiger partial charge in [0.1, 0.15) is 5.69 Å². The van der Waals surface area contributed by atoms with Crippen LogP contribution in [-0.2, 0) is 15.7 Å². The van der Waals surface area contributed by atoms with Gasteiger partial charge in [-0.3, -0.25) is 14.4 Å². The number of halogens is 3. The number of carbonyl (C=O) groups is 3. The second-order valence-electron chi connectivity index (χ2n) is 9.02. The van der Waals surface area contributed by atoms with Crippen LogP contribution >= 0.6 is 11.3 Å². The number of carbonyl (C=O) groups excluding carboxylic acids is 3. The molecule has 2 aromatic rings. The summed E-state index contributed by atoms with van der Waals surface area (Å²) in [5.41, 5.74) is -0.937. The summed E-state index contributed by atoms with van der Waals surface area (Å²) in [6.07, 6.45) is -2.09. The Morgan fingerprint density at radius 1 is 1.06 bits per heavy atom. The molecular weight excluding hydrogens is 495 g/mol. The normalized spacial score (nSPS) is 19.3. The van der Waals surface area contributed by atoms with Gasteiger partial charge in [0.2, 0.25) is 0 Å². The predicted molar refractivity (Wildman–Crippen MR) is 127 cm³/mol. The van der Waals surface area contributed by atoms with Crippen LogP contribution in [0.25, 0.3) is 0 Å². The Balaban J connectivity index is 1.36. The molecule has 1 unspecified atom stereocenters. The second-order valence-corrected chi connectivity index (χ2v) is 9.91. The minimum Gasteiger partial charge on any atom is -0.466 e. The average Bonchev–Trinajstić information content (AvgIpc) is 3.38. The van der Waals surface area contributed by atoms with Gasteiger partial charge in [-0.05, 0) is 44.7 Å². The number of aromatic nitrogens is 1. The number of thiazole rings is 1. The molecule has 2 aliphatic heterocycles. The maximum absolute atomic E-state index is 13.3. The highest BCUT2D eigenvalue weighted by Crippen LogP contribution is 2.35. The van der Waals surface area contributed by atoms with E-state index in [1.807, 2.05) is 0 Å². The van der Waals surface area contributed by atoms with Crippen molar-refractivity contribution in [2.75, 3.05) is 32.8 Å². The third kappa shape index (κ3) is 5.71. The maximum atomic E-state index is 13.3. The van der Waals surface area contributed by atoms with Crippen molar-refractivity contribution < 1.29 is 32.3 Å². The first-order chi connectivity index (χ1) is 17.2. The van der Waals surface area contributed by atoms with Crippen molar-refractivity contribution in [1.29, 1.82) is 0 Å². The van der Waals surface area contributed by atoms with E-state index >= 15 is 0 Å². The van der Waals surface area contributed by atoms with Crippen LogP contribution in [0.3, 0.4) is 0 Å². The molecule has 36 heavy (non-hydrogen) atoms. The number of alkyl halides is 3. The fraction of sp³-hybridized carbons (Fsp3) is 0.520. The zero-order chi connectivity index (χ0) is 25.9. The molecule has 194 valence electrons. The number of likely N-dealkylation sites (tertiary alicyclic amines) is 2. The summed E-state index contributed by atoms with van der Waals surface area (Å²) in [4.78, 5) is 45.6. The van der Waals surface area contributed by atoms with Gasteiger partial charge in [0.25, 0.3) is 11.8 Å². The zero-order valence-corrected chi connectivity index (χ0v) is 20.7. The van der Waals surface area contributed by atoms with E-state index in [1.54, 1.807) is 17.2 Å². The van der Waals surface area contributed by atoms with Gasteiger partial charge >= 0.3 is 12.1 Å². The van der Waals surface area contributed by atoms with Crippen molar-refractivity contribution >= 4 is 29.1 Å². The number of rotatable bonds is 5. The van der Waals surface area contributed by atoms with Gasteiger partial charge in [0.15, 0.2) is 0 Å². The van der Waals surface area contributed by atoms with Gasteiger partial charge in [-0.25, -0.2) is 4.98 Å². The summed E-state index contributed by atoms with van der Waals surface area (Å²) >= 11 is 1.37. The van der Waals surface area contributed by atoms with Crippen LogP contribution in [0.4, 0.5) is 13.2 Å². The first-order valence-corrected chi connectivity index (χ1v) is 12.9. The zero-order valence-electron chi connectivity index (χ0n) is 19.9. The molecule has 1 atom stereocenters. The molecule has 0 aliphatic carbocycles. The maximum Gasteiger partial charge on any atom is 0.417 e. The van der Waals surface area contributed by atoms with Crippen LogP contribution in [0.5, 0.6) is 0 Å². The molecule has 0 N–H and O–H groups in total. The number of amides is 2. The van der Waals surface area contributed by atoms with Crippen molar-refractivity contribution in [3.63, 3.8) is 0 Å². The lowest BCUT2D eigenvalue weighted by molar-refractivity contribution is -0.149. The molecule has 2 saturated heterocycles. The van der Waals surface area contributed by atoms with E-state index in [4.69, 9.17) is 4.74 Å². The Labute approximate surface area is 211 Å². The fourth-order valence-corrected chi connectivity index (χ4v) is 5.73. The molecule has 0 spiro atoms. The molecule has 0 radical (unpaired) electrons. The number of benzene rings is 1. The summed E-state index contributed by atoms with van der Waals surface area (Å²) in [7, 11) is 0. The minimum absolute atomic E-state index is 0.0205. The van der Waals surface area contributed by atoms with Gasteiger partial charge in [-0.15, -0.1) is 11.3 Å². The first kappa shape index (κ1) is 26.1. The summed E-state index contributed by atoms with van der Waals surface area (Å²) < 4.78 is 45.1. The molecule has 1 aromatic carbocycles. The Bertz CT molecular complexity index is 1110. The largest absolute Gasteiger partial charge is 0.466 e. The molecule has 4 rings (SSSR count). The van der Waals surface area contributed by atoms with Crippen LogP contribution < -0.4 is 0 Å². The number of ether oxygens (including phenoxy) is 1. The summed E-state index contributed by atoms with van der Waals surface area (Å²) in [6, 6.07) is 4.84. The van der Waals surface area contributed by atoms with Crippen molar-refractivity contribution in [1.82, 2.24) is 14.8 Å². The van der Waals surface area contributed by atoms with Crippen molar-refractivity contribution in [2.24, 2.45) is 5.92 Å². The number of nitrogens with zero attached hydrogens (tertiary/aromatic N) is 3. The molecule has 11 heteroatoms. The van der Waals surface area contributed by atoms with Crippen molar-refractivity contribution in [3.8, 4) is 0 Å². The average molecular weight is 524 g/mol. The Kier molecular flexibility index (Phi) is 7.97. The van der Waals surface area contributed by atoms with Crippen molar-refractivity contribution in [2.45, 2.75) is 44.7 Å². The van der Waals surface area contributed by atoms with Gasteiger partial charge in [0.05, 0.1) is 28.7 Å². The fourth-order valence-electron chi connectivity index (χ4n) is 4.77. The topological polar surface area (TPSA) is 79.8 Å². The van der Waals surface area contributed by atoms with E-state index in [-0.39, 0.29) is 29.3 Å². The Morgan fingerprint density at radius 2 is 1.78 bits per heavy atom. The van der Waals surface area contributed by atoms with Crippen LogP contribution in [0, 0.1) is 5.92 Å². The van der Waals surface area contributed by atoms with Gasteiger partial charge in [0, 0.05) is 37.5 Å². The number of piperidine rings is 2. The quantitative estimate of drug-likeness (QED) is 0.536. The van der Waals surface area contributed by atoms with Gasteiger partial charge < -0.3 is 14.5 Å². The van der Waals surface area contributed by atoms with Crippen LogP contribution in [0.15, 0.2) is 29.6 Å². The predicted octanol–water partition coefficient (Wildman–Crippen LogP) is 4.60. The van der Waals surface area contributed by atoms with Crippen LogP contribution in [0.2, 0.25) is 0 Å². The molecule has 2 fully saturated rings. The van der Waals surface area contributed by atoms with E-state index in [0.717, 1.165) is 17.5 Å². The summed E-state index contributed by atoms with van der Waals surface area (Å²) in [5.74, 6) is -1.44. The molecular formula is C25H28F3N3O4S. The smallest absolute Gasteiger partial charge is 0.417 e. The Morgan fingerprint density at radius 3 is 2.47 bits per heavy atom. The van der Waals surface area contributed by atoms with E-state index in [1.165, 1.54) is 34.4 Å². The molecule has 1 aromatic heterocycles. The van der Waals surface area contributed by atoms with Crippen LogP contribution in [-0.4, -0.2) is 65.4 Å². The van der Waals surface area contributed by atoms with E-state index < -0.39 is 17.6 Å². The number of esters is 1. The molecule has 2 aliphatic rings. The highest BCUT2D eigenvalue weighted by molar-refractivity contribution is 7.09. The minimum atomic E-state index is -4.60. The van der Waals surface area contributed by atoms with Crippen LogP contribution in [0.1, 0.15) is 69.9 Å². The number of hydrogen-bond donors (Lipinski definition) is 0. The highest BCUT2D eigenvalue weighted by Gasteiger charge is 2.37. The molecule has 2 amide bonds.